The number of aromatic nitrogens is 2. The van der Waals surface area contributed by atoms with Crippen molar-refractivity contribution in [1.82, 2.24) is 10.2 Å². The van der Waals surface area contributed by atoms with E-state index in [4.69, 9.17) is 19.9 Å². The lowest BCUT2D eigenvalue weighted by Gasteiger charge is -2.25. The number of aryl methyl sites for hydroxylation is 1. The van der Waals surface area contributed by atoms with E-state index in [0.29, 0.717) is 23.6 Å². The third kappa shape index (κ3) is 4.51. The Morgan fingerprint density at radius 3 is 2.84 bits per heavy atom. The van der Waals surface area contributed by atoms with E-state index in [0.717, 1.165) is 28.1 Å². The number of aromatic amines is 1. The van der Waals surface area contributed by atoms with E-state index in [9.17, 15) is 9.59 Å². The topological polar surface area (TPSA) is 129 Å². The van der Waals surface area contributed by atoms with Crippen LogP contribution in [0.2, 0.25) is 0 Å². The minimum atomic E-state index is -0.613. The summed E-state index contributed by atoms with van der Waals surface area (Å²) < 4.78 is 16.6. The summed E-state index contributed by atoms with van der Waals surface area (Å²) in [4.78, 5) is 24.3. The van der Waals surface area contributed by atoms with E-state index < -0.39 is 11.8 Å². The molecule has 0 aliphatic carbocycles. The molecule has 2 aromatic carbocycles. The van der Waals surface area contributed by atoms with Gasteiger partial charge in [0.2, 0.25) is 5.91 Å². The average molecular weight is 436 g/mol. The number of nitrogens with one attached hydrogen (secondary N) is 2. The number of hydrogen-bond donors (Lipinski definition) is 3. The largest absolute Gasteiger partial charge is 0.497 e. The highest BCUT2D eigenvalue weighted by Crippen LogP contribution is 2.34. The number of benzene rings is 2. The van der Waals surface area contributed by atoms with Crippen LogP contribution < -0.4 is 25.3 Å². The molecular formula is C23H24N4O5. The van der Waals surface area contributed by atoms with Gasteiger partial charge in [-0.2, -0.15) is 5.10 Å². The summed E-state index contributed by atoms with van der Waals surface area (Å²) in [5.41, 5.74) is 9.12. The molecular weight excluding hydrogens is 412 g/mol. The zero-order chi connectivity index (χ0) is 22.7. The summed E-state index contributed by atoms with van der Waals surface area (Å²) in [6.45, 7) is 1.83. The molecule has 0 fully saturated rings. The number of H-pyrrole nitrogens is 1. The maximum atomic E-state index is 13.0. The Bertz CT molecular complexity index is 1160. The van der Waals surface area contributed by atoms with Gasteiger partial charge in [-0.15, -0.1) is 0 Å². The molecule has 1 aliphatic heterocycles. The Labute approximate surface area is 184 Å². The van der Waals surface area contributed by atoms with E-state index in [-0.39, 0.29) is 19.1 Å². The predicted octanol–water partition coefficient (Wildman–Crippen LogP) is 2.45. The van der Waals surface area contributed by atoms with Crippen LogP contribution >= 0.6 is 0 Å². The molecule has 0 saturated carbocycles. The molecule has 1 aromatic heterocycles. The van der Waals surface area contributed by atoms with Crippen molar-refractivity contribution in [3.05, 3.63) is 53.9 Å². The Morgan fingerprint density at radius 1 is 1.28 bits per heavy atom. The summed E-state index contributed by atoms with van der Waals surface area (Å²) in [6.07, 6.45) is 2.29. The zero-order valence-corrected chi connectivity index (χ0v) is 17.8. The molecule has 9 nitrogen and oxygen atoms in total. The van der Waals surface area contributed by atoms with Gasteiger partial charge >= 0.3 is 0 Å². The Kier molecular flexibility index (Phi) is 5.98. The molecule has 1 aliphatic rings. The van der Waals surface area contributed by atoms with Crippen LogP contribution in [0.15, 0.2) is 42.6 Å². The average Bonchev–Trinajstić information content (AvgIpc) is 3.23. The third-order valence-corrected chi connectivity index (χ3v) is 5.30. The number of carbonyl (C=O) groups is 2. The molecule has 4 N–H and O–H groups in total. The highest BCUT2D eigenvalue weighted by atomic mass is 16.5. The fraction of sp³-hybridized carbons (Fsp3) is 0.261. The van der Waals surface area contributed by atoms with Crippen LogP contribution in [0.5, 0.6) is 17.2 Å². The number of fused-ring (bicyclic) bond motifs is 1. The standard InChI is InChI=1S/C23H24N4O5/c1-13-18(10-25-27-13)14-3-5-19(21(9-14)32-12-22(24)28)26-23(29)16-7-15-8-17(30-2)4-6-20(15)31-11-16/h3-6,8-10,16H,7,11-12H2,1-2H3,(H2,24,28)(H,25,27)(H,26,29). The number of nitrogens with two attached hydrogens (primary N) is 1. The quantitative estimate of drug-likeness (QED) is 0.522. The van der Waals surface area contributed by atoms with Crippen molar-refractivity contribution >= 4 is 17.5 Å². The van der Waals surface area contributed by atoms with Gasteiger partial charge < -0.3 is 25.3 Å². The fourth-order valence-electron chi connectivity index (χ4n) is 3.61. The number of ether oxygens (including phenoxy) is 3. The van der Waals surface area contributed by atoms with Crippen molar-refractivity contribution in [2.24, 2.45) is 11.7 Å². The highest BCUT2D eigenvalue weighted by Gasteiger charge is 2.27. The maximum Gasteiger partial charge on any atom is 0.255 e. The smallest absolute Gasteiger partial charge is 0.255 e. The second kappa shape index (κ2) is 9.01. The van der Waals surface area contributed by atoms with Gasteiger partial charge in [0.25, 0.3) is 5.91 Å². The van der Waals surface area contributed by atoms with Crippen molar-refractivity contribution in [2.45, 2.75) is 13.3 Å². The first-order chi connectivity index (χ1) is 15.4. The minimum absolute atomic E-state index is 0.213. The second-order valence-electron chi connectivity index (χ2n) is 7.53. The number of primary amides is 1. The number of nitrogens with zero attached hydrogens (tertiary/aromatic N) is 1. The van der Waals surface area contributed by atoms with Gasteiger partial charge in [-0.3, -0.25) is 14.7 Å². The van der Waals surface area contributed by atoms with Gasteiger partial charge in [-0.05, 0) is 54.8 Å². The van der Waals surface area contributed by atoms with Crippen molar-refractivity contribution < 1.29 is 23.8 Å². The SMILES string of the molecule is COc1ccc2c(c1)CC(C(=O)Nc1ccc(-c3c[nH]nc3C)cc1OCC(N)=O)CO2. The van der Waals surface area contributed by atoms with Crippen molar-refractivity contribution in [2.75, 3.05) is 25.6 Å². The summed E-state index contributed by atoms with van der Waals surface area (Å²) in [6, 6.07) is 10.9. The van der Waals surface area contributed by atoms with Crippen molar-refractivity contribution in [3.63, 3.8) is 0 Å². The zero-order valence-electron chi connectivity index (χ0n) is 17.8. The van der Waals surface area contributed by atoms with Crippen LogP contribution in [0.1, 0.15) is 11.3 Å². The molecule has 0 radical (unpaired) electrons. The number of carbonyl (C=O) groups excluding carboxylic acids is 2. The molecule has 166 valence electrons. The highest BCUT2D eigenvalue weighted by molar-refractivity contribution is 5.95. The van der Waals surface area contributed by atoms with Crippen LogP contribution in [0.25, 0.3) is 11.1 Å². The predicted molar refractivity (Wildman–Crippen MR) is 118 cm³/mol. The van der Waals surface area contributed by atoms with Crippen molar-refractivity contribution in [3.8, 4) is 28.4 Å². The third-order valence-electron chi connectivity index (χ3n) is 5.30. The summed E-state index contributed by atoms with van der Waals surface area (Å²) in [7, 11) is 1.60. The monoisotopic (exact) mass is 436 g/mol. The minimum Gasteiger partial charge on any atom is -0.497 e. The fourth-order valence-corrected chi connectivity index (χ4v) is 3.61. The first-order valence-electron chi connectivity index (χ1n) is 10.1. The van der Waals surface area contributed by atoms with Gasteiger partial charge in [0.05, 0.1) is 24.4 Å². The summed E-state index contributed by atoms with van der Waals surface area (Å²) >= 11 is 0. The molecule has 3 aromatic rings. The number of anilines is 1. The molecule has 2 heterocycles. The number of hydrogen-bond acceptors (Lipinski definition) is 6. The van der Waals surface area contributed by atoms with Crippen LogP contribution in [0.3, 0.4) is 0 Å². The molecule has 0 saturated heterocycles. The molecule has 0 bridgehead atoms. The van der Waals surface area contributed by atoms with E-state index in [1.54, 1.807) is 25.4 Å². The Balaban J connectivity index is 1.55. The summed E-state index contributed by atoms with van der Waals surface area (Å²) in [5.74, 6) is 0.581. The molecule has 9 heteroatoms. The molecule has 4 rings (SSSR count). The van der Waals surface area contributed by atoms with Gasteiger partial charge in [-0.25, -0.2) is 0 Å². The van der Waals surface area contributed by atoms with E-state index in [2.05, 4.69) is 15.5 Å². The number of amides is 2. The number of rotatable bonds is 7. The van der Waals surface area contributed by atoms with Gasteiger partial charge in [0.15, 0.2) is 6.61 Å². The lowest BCUT2D eigenvalue weighted by Crippen LogP contribution is -2.32. The van der Waals surface area contributed by atoms with Crippen LogP contribution in [-0.2, 0) is 16.0 Å². The number of methoxy groups -OCH3 is 1. The molecule has 1 unspecified atom stereocenters. The lowest BCUT2D eigenvalue weighted by atomic mass is 9.95. The van der Waals surface area contributed by atoms with Crippen LogP contribution in [0.4, 0.5) is 5.69 Å². The van der Waals surface area contributed by atoms with E-state index in [1.165, 1.54) is 0 Å². The van der Waals surface area contributed by atoms with Gasteiger partial charge in [0, 0.05) is 11.8 Å². The lowest BCUT2D eigenvalue weighted by molar-refractivity contribution is -0.121. The van der Waals surface area contributed by atoms with Gasteiger partial charge in [0.1, 0.15) is 23.9 Å². The van der Waals surface area contributed by atoms with Gasteiger partial charge in [-0.1, -0.05) is 6.07 Å². The van der Waals surface area contributed by atoms with E-state index in [1.807, 2.05) is 31.2 Å². The molecule has 0 spiro atoms. The summed E-state index contributed by atoms with van der Waals surface area (Å²) in [5, 5.41) is 9.84. The molecule has 32 heavy (non-hydrogen) atoms. The van der Waals surface area contributed by atoms with Crippen LogP contribution in [0, 0.1) is 12.8 Å². The molecule has 1 atom stereocenters. The Hall–Kier alpha value is -4.01. The van der Waals surface area contributed by atoms with Crippen LogP contribution in [-0.4, -0.2) is 42.3 Å². The van der Waals surface area contributed by atoms with E-state index >= 15 is 0 Å². The van der Waals surface area contributed by atoms with Crippen molar-refractivity contribution in [1.29, 1.82) is 0 Å². The maximum absolute atomic E-state index is 13.0. The first kappa shape index (κ1) is 21.2. The Morgan fingerprint density at radius 2 is 2.12 bits per heavy atom. The molecule has 2 amide bonds. The second-order valence-corrected chi connectivity index (χ2v) is 7.53. The first-order valence-corrected chi connectivity index (χ1v) is 10.1. The normalized spacial score (nSPS) is 14.8.